The van der Waals surface area contributed by atoms with Gasteiger partial charge in [0.15, 0.2) is 0 Å². The highest BCUT2D eigenvalue weighted by atomic mass is 15.3. The third-order valence-electron chi connectivity index (χ3n) is 10.0. The zero-order chi connectivity index (χ0) is 25.5. The molecule has 1 saturated carbocycles. The minimum atomic E-state index is 0.101. The van der Waals surface area contributed by atoms with Gasteiger partial charge in [0.1, 0.15) is 12.1 Å². The lowest BCUT2D eigenvalue weighted by Gasteiger charge is -2.43. The molecule has 2 atom stereocenters. The molecule has 198 valence electrons. The number of benzene rings is 2. The zero-order valence-corrected chi connectivity index (χ0v) is 22.8. The molecule has 3 heterocycles. The lowest BCUT2D eigenvalue weighted by molar-refractivity contribution is 0.267. The van der Waals surface area contributed by atoms with Gasteiger partial charge in [-0.05, 0) is 86.7 Å². The van der Waals surface area contributed by atoms with Crippen LogP contribution in [0.25, 0.3) is 0 Å². The zero-order valence-electron chi connectivity index (χ0n) is 22.8. The molecule has 5 heteroatoms. The summed E-state index contributed by atoms with van der Waals surface area (Å²) in [5.41, 5.74) is 8.63. The first kappa shape index (κ1) is 24.3. The van der Waals surface area contributed by atoms with Crippen molar-refractivity contribution in [2.24, 2.45) is 0 Å². The normalized spacial score (nSPS) is 24.2. The molecule has 38 heavy (non-hydrogen) atoms. The van der Waals surface area contributed by atoms with Crippen LogP contribution in [0.15, 0.2) is 54.9 Å². The summed E-state index contributed by atoms with van der Waals surface area (Å²) in [5.74, 6) is 1.66. The van der Waals surface area contributed by atoms with Crippen molar-refractivity contribution in [3.63, 3.8) is 0 Å². The fraction of sp³-hybridized carbons (Fsp3) is 0.515. The number of hydrogen-bond acceptors (Lipinski definition) is 5. The highest BCUT2D eigenvalue weighted by molar-refractivity contribution is 5.77. The second kappa shape index (κ2) is 10.1. The molecular formula is C33H41N5. The Balaban J connectivity index is 1.39. The lowest BCUT2D eigenvalue weighted by Crippen LogP contribution is -2.51. The van der Waals surface area contributed by atoms with E-state index in [0.717, 1.165) is 45.3 Å². The summed E-state index contributed by atoms with van der Waals surface area (Å²) in [4.78, 5) is 12.5. The summed E-state index contributed by atoms with van der Waals surface area (Å²) in [6.45, 7) is 5.47. The number of piperidine rings is 1. The van der Waals surface area contributed by atoms with Crippen molar-refractivity contribution in [2.75, 3.05) is 18.0 Å². The average molecular weight is 508 g/mol. The molecule has 2 N–H and O–H groups in total. The summed E-state index contributed by atoms with van der Waals surface area (Å²) < 4.78 is 0. The number of hydrogen-bond donors (Lipinski definition) is 2. The molecule has 1 spiro atoms. The Morgan fingerprint density at radius 3 is 2.61 bits per heavy atom. The molecule has 2 aliphatic carbocycles. The van der Waals surface area contributed by atoms with Gasteiger partial charge in [-0.2, -0.15) is 0 Å². The van der Waals surface area contributed by atoms with Gasteiger partial charge in [0.2, 0.25) is 0 Å². The average Bonchev–Trinajstić information content (AvgIpc) is 3.68. The van der Waals surface area contributed by atoms with E-state index in [1.165, 1.54) is 66.0 Å². The van der Waals surface area contributed by atoms with Gasteiger partial charge in [0, 0.05) is 41.0 Å². The lowest BCUT2D eigenvalue weighted by atomic mass is 9.67. The van der Waals surface area contributed by atoms with Crippen LogP contribution in [0.3, 0.4) is 0 Å². The minimum Gasteiger partial charge on any atom is -0.321 e. The maximum absolute atomic E-state index is 5.07. The van der Waals surface area contributed by atoms with E-state index in [9.17, 15) is 0 Å². The molecule has 7 rings (SSSR count). The molecule has 1 aromatic heterocycles. The number of aryl methyl sites for hydroxylation is 1. The van der Waals surface area contributed by atoms with Gasteiger partial charge in [-0.25, -0.2) is 9.97 Å². The Morgan fingerprint density at radius 1 is 0.974 bits per heavy atom. The molecule has 0 unspecified atom stereocenters. The van der Waals surface area contributed by atoms with Gasteiger partial charge in [-0.3, -0.25) is 0 Å². The number of nitrogens with one attached hydrogen (secondary N) is 2. The monoisotopic (exact) mass is 507 g/mol. The molecule has 2 fully saturated rings. The van der Waals surface area contributed by atoms with E-state index in [0.29, 0.717) is 18.0 Å². The smallest absolute Gasteiger partial charge is 0.140 e. The van der Waals surface area contributed by atoms with Crippen LogP contribution in [-0.4, -0.2) is 35.1 Å². The molecule has 2 aliphatic heterocycles. The van der Waals surface area contributed by atoms with Gasteiger partial charge in [-0.1, -0.05) is 62.2 Å². The van der Waals surface area contributed by atoms with Crippen molar-refractivity contribution in [3.05, 3.63) is 82.8 Å². The standard InChI is InChI=1S/C33H41N5/c1-23-14-15-27-30(23)32(37-22-36-27)38-28-13-7-10-25(21-35-26-11-5-6-12-26)31(28)33(16-18-34-19-17-33)29(38)20-24-8-3-2-4-9-24/h2-4,7-10,13,22-23,26,29,34-35H,5-6,11-12,14-21H2,1H3/t23-,29-/m1/s1. The van der Waals surface area contributed by atoms with Gasteiger partial charge >= 0.3 is 0 Å². The molecule has 0 bridgehead atoms. The Bertz CT molecular complexity index is 1280. The molecule has 4 aliphatic rings. The van der Waals surface area contributed by atoms with Crippen LogP contribution in [-0.2, 0) is 24.8 Å². The predicted molar refractivity (Wildman–Crippen MR) is 154 cm³/mol. The SMILES string of the molecule is C[C@@H]1CCc2ncnc(N3c4cccc(CNC5CCCC5)c4C4(CCNCC4)[C@H]3Cc3ccccc3)c21. The highest BCUT2D eigenvalue weighted by Crippen LogP contribution is 2.56. The van der Waals surface area contributed by atoms with Crippen molar-refractivity contribution < 1.29 is 0 Å². The Morgan fingerprint density at radius 2 is 1.79 bits per heavy atom. The van der Waals surface area contributed by atoms with E-state index in [-0.39, 0.29) is 5.41 Å². The van der Waals surface area contributed by atoms with Crippen LogP contribution in [0.2, 0.25) is 0 Å². The first-order chi connectivity index (χ1) is 18.7. The third-order valence-corrected chi connectivity index (χ3v) is 10.0. The summed E-state index contributed by atoms with van der Waals surface area (Å²) in [6.07, 6.45) is 12.8. The summed E-state index contributed by atoms with van der Waals surface area (Å²) in [5, 5.41) is 7.65. The van der Waals surface area contributed by atoms with Crippen molar-refractivity contribution in [1.29, 1.82) is 0 Å². The molecule has 0 amide bonds. The molecule has 0 radical (unpaired) electrons. The number of rotatable bonds is 6. The van der Waals surface area contributed by atoms with Crippen LogP contribution >= 0.6 is 0 Å². The number of fused-ring (bicyclic) bond motifs is 3. The second-order valence-corrected chi connectivity index (χ2v) is 12.2. The summed E-state index contributed by atoms with van der Waals surface area (Å²) in [6, 6.07) is 19.2. The Labute approximate surface area is 227 Å². The molecule has 5 nitrogen and oxygen atoms in total. The van der Waals surface area contributed by atoms with Crippen LogP contribution in [0.1, 0.15) is 85.7 Å². The van der Waals surface area contributed by atoms with Crippen LogP contribution in [0.4, 0.5) is 11.5 Å². The van der Waals surface area contributed by atoms with E-state index in [1.54, 1.807) is 5.56 Å². The summed E-state index contributed by atoms with van der Waals surface area (Å²) in [7, 11) is 0. The van der Waals surface area contributed by atoms with E-state index >= 15 is 0 Å². The topological polar surface area (TPSA) is 53.1 Å². The Hall–Kier alpha value is -2.76. The number of nitrogens with zero attached hydrogens (tertiary/aromatic N) is 3. The first-order valence-electron chi connectivity index (χ1n) is 15.0. The maximum atomic E-state index is 5.07. The van der Waals surface area contributed by atoms with Crippen molar-refractivity contribution in [1.82, 2.24) is 20.6 Å². The maximum Gasteiger partial charge on any atom is 0.140 e. The van der Waals surface area contributed by atoms with E-state index < -0.39 is 0 Å². The summed E-state index contributed by atoms with van der Waals surface area (Å²) >= 11 is 0. The third kappa shape index (κ3) is 4.06. The second-order valence-electron chi connectivity index (χ2n) is 12.2. The molecule has 1 saturated heterocycles. The highest BCUT2D eigenvalue weighted by Gasteiger charge is 2.53. The molecule has 2 aromatic carbocycles. The molecule has 3 aromatic rings. The van der Waals surface area contributed by atoms with E-state index in [4.69, 9.17) is 9.97 Å². The van der Waals surface area contributed by atoms with Crippen molar-refractivity contribution in [2.45, 2.75) is 94.7 Å². The quantitative estimate of drug-likeness (QED) is 0.432. The minimum absolute atomic E-state index is 0.101. The van der Waals surface area contributed by atoms with Crippen LogP contribution < -0.4 is 15.5 Å². The van der Waals surface area contributed by atoms with E-state index in [1.807, 2.05) is 6.33 Å². The Kier molecular flexibility index (Phi) is 6.45. The van der Waals surface area contributed by atoms with Gasteiger partial charge in [0.05, 0.1) is 0 Å². The predicted octanol–water partition coefficient (Wildman–Crippen LogP) is 5.94. The van der Waals surface area contributed by atoms with Crippen molar-refractivity contribution in [3.8, 4) is 0 Å². The largest absolute Gasteiger partial charge is 0.321 e. The fourth-order valence-electron chi connectivity index (χ4n) is 8.13. The van der Waals surface area contributed by atoms with E-state index in [2.05, 4.69) is 71.0 Å². The van der Waals surface area contributed by atoms with Crippen molar-refractivity contribution >= 4 is 11.5 Å². The van der Waals surface area contributed by atoms with Crippen LogP contribution in [0, 0.1) is 0 Å². The first-order valence-corrected chi connectivity index (χ1v) is 15.0. The fourth-order valence-corrected chi connectivity index (χ4v) is 8.13. The van der Waals surface area contributed by atoms with Crippen LogP contribution in [0.5, 0.6) is 0 Å². The van der Waals surface area contributed by atoms with Gasteiger partial charge in [0.25, 0.3) is 0 Å². The number of aromatic nitrogens is 2. The van der Waals surface area contributed by atoms with Gasteiger partial charge < -0.3 is 15.5 Å². The number of anilines is 2. The van der Waals surface area contributed by atoms with Gasteiger partial charge in [-0.15, -0.1) is 0 Å². The molecular weight excluding hydrogens is 466 g/mol.